The largest absolute Gasteiger partial charge is 0.418 e. The van der Waals surface area contributed by atoms with Crippen LogP contribution in [-0.2, 0) is 15.8 Å². The Morgan fingerprint density at radius 1 is 1.18 bits per heavy atom. The molecule has 0 fully saturated rings. The van der Waals surface area contributed by atoms with Crippen LogP contribution in [0, 0.1) is 17.2 Å². The van der Waals surface area contributed by atoms with E-state index in [0.717, 1.165) is 6.07 Å². The molecule has 28 heavy (non-hydrogen) atoms. The first kappa shape index (κ1) is 23.4. The molecule has 0 aliphatic carbocycles. The molecule has 0 spiro atoms. The predicted molar refractivity (Wildman–Crippen MR) is 99.2 cm³/mol. The molecule has 1 aromatic carbocycles. The predicted octanol–water partition coefficient (Wildman–Crippen LogP) is 3.02. The average molecular weight is 398 g/mol. The lowest BCUT2D eigenvalue weighted by molar-refractivity contribution is -0.137. The maximum atomic E-state index is 13.0. The first-order valence-electron chi connectivity index (χ1n) is 8.83. The van der Waals surface area contributed by atoms with Crippen LogP contribution in [0.1, 0.15) is 33.3 Å². The van der Waals surface area contributed by atoms with Crippen LogP contribution in [0.4, 0.5) is 18.9 Å². The molecule has 6 nitrogen and oxygen atoms in total. The monoisotopic (exact) mass is 398 g/mol. The summed E-state index contributed by atoms with van der Waals surface area (Å²) in [5.41, 5.74) is -2.33. The molecule has 0 radical (unpaired) electrons. The van der Waals surface area contributed by atoms with Gasteiger partial charge in [0, 0.05) is 0 Å². The van der Waals surface area contributed by atoms with Gasteiger partial charge in [0.1, 0.15) is 5.54 Å². The quantitative estimate of drug-likeness (QED) is 0.705. The van der Waals surface area contributed by atoms with Gasteiger partial charge in [-0.2, -0.15) is 18.4 Å². The average Bonchev–Trinajstić information content (AvgIpc) is 2.60. The van der Waals surface area contributed by atoms with E-state index in [1.807, 2.05) is 0 Å². The number of anilines is 1. The number of hydrogen-bond donors (Lipinski definition) is 2. The Hall–Kier alpha value is -2.60. The molecule has 1 aromatic rings. The molecule has 154 valence electrons. The topological polar surface area (TPSA) is 85.2 Å². The minimum Gasteiger partial charge on any atom is -0.337 e. The number of nitriles is 1. The van der Waals surface area contributed by atoms with E-state index in [4.69, 9.17) is 0 Å². The summed E-state index contributed by atoms with van der Waals surface area (Å²) < 4.78 is 39.0. The van der Waals surface area contributed by atoms with Crippen LogP contribution in [-0.4, -0.2) is 41.9 Å². The van der Waals surface area contributed by atoms with Crippen LogP contribution in [0.2, 0.25) is 0 Å². The van der Waals surface area contributed by atoms with E-state index in [1.165, 1.54) is 23.1 Å². The van der Waals surface area contributed by atoms with Crippen molar-refractivity contribution in [2.75, 3.05) is 25.0 Å². The number of halogens is 3. The van der Waals surface area contributed by atoms with Gasteiger partial charge in [0.25, 0.3) is 0 Å². The SMILES string of the molecule is CCN(CC(=O)Nc1ccccc1C(F)(F)F)CC(=O)N[C@@](C)(C#N)C(C)C. The summed E-state index contributed by atoms with van der Waals surface area (Å²) in [5, 5.41) is 14.1. The van der Waals surface area contributed by atoms with Gasteiger partial charge in [0.2, 0.25) is 11.8 Å². The third-order valence-corrected chi connectivity index (χ3v) is 4.47. The number of amides is 2. The van der Waals surface area contributed by atoms with E-state index < -0.39 is 29.1 Å². The van der Waals surface area contributed by atoms with Gasteiger partial charge in [-0.1, -0.05) is 32.9 Å². The third kappa shape index (κ3) is 6.53. The van der Waals surface area contributed by atoms with Crippen molar-refractivity contribution in [1.82, 2.24) is 10.2 Å². The summed E-state index contributed by atoms with van der Waals surface area (Å²) in [4.78, 5) is 25.9. The van der Waals surface area contributed by atoms with Crippen molar-refractivity contribution in [2.24, 2.45) is 5.92 Å². The van der Waals surface area contributed by atoms with Crippen LogP contribution >= 0.6 is 0 Å². The number of carbonyl (C=O) groups excluding carboxylic acids is 2. The van der Waals surface area contributed by atoms with E-state index >= 15 is 0 Å². The Balaban J connectivity index is 2.75. The Bertz CT molecular complexity index is 743. The fraction of sp³-hybridized carbons (Fsp3) is 0.526. The summed E-state index contributed by atoms with van der Waals surface area (Å²) in [6.07, 6.45) is -4.59. The lowest BCUT2D eigenvalue weighted by Gasteiger charge is -2.29. The highest BCUT2D eigenvalue weighted by Gasteiger charge is 2.34. The zero-order valence-electron chi connectivity index (χ0n) is 16.4. The van der Waals surface area contributed by atoms with Gasteiger partial charge in [0.05, 0.1) is 30.4 Å². The van der Waals surface area contributed by atoms with E-state index in [2.05, 4.69) is 16.7 Å². The molecule has 0 unspecified atom stereocenters. The zero-order valence-corrected chi connectivity index (χ0v) is 16.4. The van der Waals surface area contributed by atoms with Crippen molar-refractivity contribution >= 4 is 17.5 Å². The molecule has 1 rings (SSSR count). The summed E-state index contributed by atoms with van der Waals surface area (Å²) in [7, 11) is 0. The summed E-state index contributed by atoms with van der Waals surface area (Å²) in [6.45, 7) is 6.82. The van der Waals surface area contributed by atoms with Crippen molar-refractivity contribution in [3.05, 3.63) is 29.8 Å². The maximum absolute atomic E-state index is 13.0. The standard InChI is InChI=1S/C19H25F3N4O2/c1-5-26(11-17(28)25-18(4,12-23)13(2)3)10-16(27)24-15-9-7-6-8-14(15)19(20,21)22/h6-9,13H,5,10-11H2,1-4H3,(H,24,27)(H,25,28)/t18-/m0/s1. The number of carbonyl (C=O) groups is 2. The summed E-state index contributed by atoms with van der Waals surface area (Å²) in [5.74, 6) is -1.24. The van der Waals surface area contributed by atoms with Crippen LogP contribution in [0.5, 0.6) is 0 Å². The number of rotatable bonds is 8. The molecule has 1 atom stereocenters. The van der Waals surface area contributed by atoms with Gasteiger partial charge < -0.3 is 10.6 Å². The molecule has 0 aromatic heterocycles. The fourth-order valence-corrected chi connectivity index (χ4v) is 2.35. The van der Waals surface area contributed by atoms with Crippen LogP contribution < -0.4 is 10.6 Å². The molecule has 2 N–H and O–H groups in total. The van der Waals surface area contributed by atoms with Gasteiger partial charge in [-0.15, -0.1) is 0 Å². The second kappa shape index (κ2) is 9.55. The first-order valence-corrected chi connectivity index (χ1v) is 8.83. The second-order valence-electron chi connectivity index (χ2n) is 6.91. The molecule has 2 amide bonds. The Labute approximate surface area is 162 Å². The number of nitrogens with zero attached hydrogens (tertiary/aromatic N) is 2. The highest BCUT2D eigenvalue weighted by molar-refractivity contribution is 5.93. The molecule has 0 heterocycles. The molecule has 9 heteroatoms. The Morgan fingerprint density at radius 3 is 2.25 bits per heavy atom. The zero-order chi connectivity index (χ0) is 21.5. The van der Waals surface area contributed by atoms with Crippen LogP contribution in [0.15, 0.2) is 24.3 Å². The van der Waals surface area contributed by atoms with Crippen molar-refractivity contribution in [2.45, 2.75) is 39.4 Å². The van der Waals surface area contributed by atoms with E-state index in [9.17, 15) is 28.0 Å². The number of hydrogen-bond acceptors (Lipinski definition) is 4. The molecular formula is C19H25F3N4O2. The van der Waals surface area contributed by atoms with Crippen molar-refractivity contribution in [3.8, 4) is 6.07 Å². The maximum Gasteiger partial charge on any atom is 0.418 e. The summed E-state index contributed by atoms with van der Waals surface area (Å²) >= 11 is 0. The van der Waals surface area contributed by atoms with Gasteiger partial charge in [-0.3, -0.25) is 14.5 Å². The molecule has 0 saturated heterocycles. The third-order valence-electron chi connectivity index (χ3n) is 4.47. The number of benzene rings is 1. The van der Waals surface area contributed by atoms with Crippen molar-refractivity contribution in [3.63, 3.8) is 0 Å². The lowest BCUT2D eigenvalue weighted by Crippen LogP contribution is -2.52. The normalized spacial score (nSPS) is 13.7. The van der Waals surface area contributed by atoms with Gasteiger partial charge in [0.15, 0.2) is 0 Å². The molecule has 0 bridgehead atoms. The number of nitrogens with one attached hydrogen (secondary N) is 2. The minimum atomic E-state index is -4.59. The lowest BCUT2D eigenvalue weighted by atomic mass is 9.90. The molecule has 0 aliphatic heterocycles. The minimum absolute atomic E-state index is 0.126. The molecular weight excluding hydrogens is 373 g/mol. The molecule has 0 aliphatic rings. The van der Waals surface area contributed by atoms with Gasteiger partial charge in [-0.25, -0.2) is 0 Å². The number of para-hydroxylation sites is 1. The van der Waals surface area contributed by atoms with Crippen molar-refractivity contribution in [1.29, 1.82) is 5.26 Å². The summed E-state index contributed by atoms with van der Waals surface area (Å²) in [6, 6.07) is 6.74. The first-order chi connectivity index (χ1) is 12.9. The van der Waals surface area contributed by atoms with Gasteiger partial charge in [-0.05, 0) is 31.5 Å². The fourth-order valence-electron chi connectivity index (χ4n) is 2.35. The second-order valence-corrected chi connectivity index (χ2v) is 6.91. The Morgan fingerprint density at radius 2 is 1.75 bits per heavy atom. The smallest absolute Gasteiger partial charge is 0.337 e. The Kier molecular flexibility index (Phi) is 8.00. The number of likely N-dealkylation sites (N-methyl/N-ethyl adjacent to an activating group) is 1. The van der Waals surface area contributed by atoms with E-state index in [-0.39, 0.29) is 24.7 Å². The number of alkyl halides is 3. The van der Waals surface area contributed by atoms with E-state index in [0.29, 0.717) is 6.54 Å². The van der Waals surface area contributed by atoms with Gasteiger partial charge >= 0.3 is 6.18 Å². The van der Waals surface area contributed by atoms with Crippen LogP contribution in [0.25, 0.3) is 0 Å². The van der Waals surface area contributed by atoms with Crippen LogP contribution in [0.3, 0.4) is 0 Å². The molecule has 0 saturated carbocycles. The van der Waals surface area contributed by atoms with Crippen molar-refractivity contribution < 1.29 is 22.8 Å². The van der Waals surface area contributed by atoms with E-state index in [1.54, 1.807) is 27.7 Å². The highest BCUT2D eigenvalue weighted by Crippen LogP contribution is 2.34. The highest BCUT2D eigenvalue weighted by atomic mass is 19.4.